The highest BCUT2D eigenvalue weighted by Crippen LogP contribution is 2.29. The standard InChI is InChI=1S/C21H22F2N2O3/c1-3-25-16-7-5-4-6-15(16)13-17(25)20(26)24-11-10-14-8-9-18(27-2)19(12-14)28-21(22)23/h4-9,12-13,21H,3,10-11H2,1-2H3,(H,24,26). The summed E-state index contributed by atoms with van der Waals surface area (Å²) in [5, 5.41) is 3.90. The Kier molecular flexibility index (Phi) is 6.13. The number of halogens is 2. The molecule has 2 aromatic carbocycles. The lowest BCUT2D eigenvalue weighted by Gasteiger charge is -2.12. The summed E-state index contributed by atoms with van der Waals surface area (Å²) in [5.74, 6) is 0.0450. The number of para-hydroxylation sites is 1. The summed E-state index contributed by atoms with van der Waals surface area (Å²) < 4.78 is 36.6. The van der Waals surface area contributed by atoms with Crippen molar-refractivity contribution < 1.29 is 23.0 Å². The first-order chi connectivity index (χ1) is 13.5. The lowest BCUT2D eigenvalue weighted by molar-refractivity contribution is -0.0512. The Balaban J connectivity index is 1.67. The Morgan fingerprint density at radius 2 is 1.93 bits per heavy atom. The number of benzene rings is 2. The molecule has 1 aromatic heterocycles. The van der Waals surface area contributed by atoms with Crippen molar-refractivity contribution >= 4 is 16.8 Å². The van der Waals surface area contributed by atoms with Crippen molar-refractivity contribution in [2.45, 2.75) is 26.5 Å². The molecule has 7 heteroatoms. The zero-order chi connectivity index (χ0) is 20.1. The predicted molar refractivity (Wildman–Crippen MR) is 103 cm³/mol. The summed E-state index contributed by atoms with van der Waals surface area (Å²) >= 11 is 0. The first-order valence-corrected chi connectivity index (χ1v) is 9.01. The number of aromatic nitrogens is 1. The molecule has 3 rings (SSSR count). The van der Waals surface area contributed by atoms with Crippen molar-refractivity contribution in [3.63, 3.8) is 0 Å². The molecule has 0 saturated carbocycles. The van der Waals surface area contributed by atoms with Crippen LogP contribution in [-0.2, 0) is 13.0 Å². The molecule has 1 N–H and O–H groups in total. The van der Waals surface area contributed by atoms with Crippen molar-refractivity contribution in [2.75, 3.05) is 13.7 Å². The minimum Gasteiger partial charge on any atom is -0.493 e. The van der Waals surface area contributed by atoms with Crippen molar-refractivity contribution in [1.29, 1.82) is 0 Å². The van der Waals surface area contributed by atoms with Crippen LogP contribution in [0, 0.1) is 0 Å². The average molecular weight is 388 g/mol. The molecule has 0 spiro atoms. The number of carbonyl (C=O) groups is 1. The van der Waals surface area contributed by atoms with Crippen LogP contribution in [0.2, 0.25) is 0 Å². The fourth-order valence-corrected chi connectivity index (χ4v) is 3.21. The molecular formula is C21H22F2N2O3. The molecule has 148 valence electrons. The monoisotopic (exact) mass is 388 g/mol. The van der Waals surface area contributed by atoms with Crippen molar-refractivity contribution in [3.05, 3.63) is 59.8 Å². The second-order valence-corrected chi connectivity index (χ2v) is 6.20. The van der Waals surface area contributed by atoms with Crippen LogP contribution in [0.15, 0.2) is 48.5 Å². The summed E-state index contributed by atoms with van der Waals surface area (Å²) in [4.78, 5) is 12.6. The van der Waals surface area contributed by atoms with Gasteiger partial charge in [0.2, 0.25) is 0 Å². The van der Waals surface area contributed by atoms with Gasteiger partial charge in [0.25, 0.3) is 5.91 Å². The van der Waals surface area contributed by atoms with Gasteiger partial charge in [-0.1, -0.05) is 24.3 Å². The minimum atomic E-state index is -2.93. The average Bonchev–Trinajstić information content (AvgIpc) is 3.06. The van der Waals surface area contributed by atoms with E-state index in [1.54, 1.807) is 12.1 Å². The first kappa shape index (κ1) is 19.7. The van der Waals surface area contributed by atoms with Crippen LogP contribution < -0.4 is 14.8 Å². The number of amides is 1. The van der Waals surface area contributed by atoms with Crippen LogP contribution in [0.1, 0.15) is 23.0 Å². The normalized spacial score (nSPS) is 11.0. The smallest absolute Gasteiger partial charge is 0.387 e. The molecule has 1 heterocycles. The highest BCUT2D eigenvalue weighted by atomic mass is 19.3. The quantitative estimate of drug-likeness (QED) is 0.628. The molecule has 0 aliphatic heterocycles. The number of nitrogens with one attached hydrogen (secondary N) is 1. The molecule has 0 atom stereocenters. The fraction of sp³-hybridized carbons (Fsp3) is 0.286. The zero-order valence-electron chi connectivity index (χ0n) is 15.7. The first-order valence-electron chi connectivity index (χ1n) is 9.01. The molecule has 0 unspecified atom stereocenters. The number of rotatable bonds is 8. The highest BCUT2D eigenvalue weighted by molar-refractivity contribution is 5.98. The van der Waals surface area contributed by atoms with Crippen LogP contribution in [0.5, 0.6) is 11.5 Å². The Bertz CT molecular complexity index is 969. The second kappa shape index (κ2) is 8.73. The van der Waals surface area contributed by atoms with E-state index in [-0.39, 0.29) is 17.4 Å². The van der Waals surface area contributed by atoms with Gasteiger partial charge in [0, 0.05) is 24.0 Å². The molecule has 1 amide bonds. The summed E-state index contributed by atoms with van der Waals surface area (Å²) in [5.41, 5.74) is 2.37. The minimum absolute atomic E-state index is 0.0209. The number of hydrogen-bond acceptors (Lipinski definition) is 3. The number of aryl methyl sites for hydroxylation is 1. The number of carbonyl (C=O) groups excluding carboxylic acids is 1. The third kappa shape index (κ3) is 4.24. The maximum atomic E-state index is 12.6. The van der Waals surface area contributed by atoms with E-state index in [9.17, 15) is 13.6 Å². The zero-order valence-corrected chi connectivity index (χ0v) is 15.7. The Labute approximate surface area is 161 Å². The van der Waals surface area contributed by atoms with Gasteiger partial charge in [-0.15, -0.1) is 0 Å². The van der Waals surface area contributed by atoms with Crippen molar-refractivity contribution in [2.24, 2.45) is 0 Å². The molecule has 28 heavy (non-hydrogen) atoms. The number of methoxy groups -OCH3 is 1. The largest absolute Gasteiger partial charge is 0.493 e. The van der Waals surface area contributed by atoms with Crippen LogP contribution in [0.3, 0.4) is 0 Å². The second-order valence-electron chi connectivity index (χ2n) is 6.20. The molecule has 5 nitrogen and oxygen atoms in total. The molecule has 0 bridgehead atoms. The Morgan fingerprint density at radius 1 is 1.14 bits per heavy atom. The van der Waals surface area contributed by atoms with E-state index in [1.165, 1.54) is 13.2 Å². The van der Waals surface area contributed by atoms with Crippen LogP contribution in [0.4, 0.5) is 8.78 Å². The van der Waals surface area contributed by atoms with Crippen molar-refractivity contribution in [3.8, 4) is 11.5 Å². The fourth-order valence-electron chi connectivity index (χ4n) is 3.21. The van der Waals surface area contributed by atoms with E-state index < -0.39 is 6.61 Å². The lowest BCUT2D eigenvalue weighted by atomic mass is 10.1. The molecular weight excluding hydrogens is 366 g/mol. The summed E-state index contributed by atoms with van der Waals surface area (Å²) in [6.07, 6.45) is 0.474. The molecule has 0 aliphatic carbocycles. The van der Waals surface area contributed by atoms with Gasteiger partial charge in [0.1, 0.15) is 5.69 Å². The van der Waals surface area contributed by atoms with Gasteiger partial charge in [0.15, 0.2) is 11.5 Å². The maximum Gasteiger partial charge on any atom is 0.387 e. The van der Waals surface area contributed by atoms with E-state index in [2.05, 4.69) is 10.1 Å². The molecule has 0 saturated heterocycles. The van der Waals surface area contributed by atoms with Crippen LogP contribution >= 0.6 is 0 Å². The number of hydrogen-bond donors (Lipinski definition) is 1. The SMILES string of the molecule is CCn1c(C(=O)NCCc2ccc(OC)c(OC(F)F)c2)cc2ccccc21. The molecule has 0 aliphatic rings. The highest BCUT2D eigenvalue weighted by Gasteiger charge is 2.15. The number of nitrogens with zero attached hydrogens (tertiary/aromatic N) is 1. The van der Waals surface area contributed by atoms with Gasteiger partial charge in [-0.25, -0.2) is 0 Å². The van der Waals surface area contributed by atoms with Gasteiger partial charge < -0.3 is 19.4 Å². The maximum absolute atomic E-state index is 12.6. The number of ether oxygens (including phenoxy) is 2. The van der Waals surface area contributed by atoms with Gasteiger partial charge >= 0.3 is 6.61 Å². The van der Waals surface area contributed by atoms with Crippen LogP contribution in [-0.4, -0.2) is 30.7 Å². The molecule has 3 aromatic rings. The van der Waals surface area contributed by atoms with E-state index in [0.717, 1.165) is 16.5 Å². The van der Waals surface area contributed by atoms with Gasteiger partial charge in [-0.3, -0.25) is 4.79 Å². The molecule has 0 fully saturated rings. The summed E-state index contributed by atoms with van der Waals surface area (Å²) in [7, 11) is 1.39. The predicted octanol–water partition coefficient (Wildman–Crippen LogP) is 4.24. The van der Waals surface area contributed by atoms with Crippen LogP contribution in [0.25, 0.3) is 10.9 Å². The van der Waals surface area contributed by atoms with Gasteiger partial charge in [-0.05, 0) is 43.2 Å². The lowest BCUT2D eigenvalue weighted by Crippen LogP contribution is -2.27. The number of fused-ring (bicyclic) bond motifs is 1. The topological polar surface area (TPSA) is 52.5 Å². The van der Waals surface area contributed by atoms with Gasteiger partial charge in [0.05, 0.1) is 7.11 Å². The van der Waals surface area contributed by atoms with E-state index >= 15 is 0 Å². The number of alkyl halides is 2. The Morgan fingerprint density at radius 3 is 2.64 bits per heavy atom. The van der Waals surface area contributed by atoms with Gasteiger partial charge in [-0.2, -0.15) is 8.78 Å². The van der Waals surface area contributed by atoms with E-state index in [4.69, 9.17) is 4.74 Å². The van der Waals surface area contributed by atoms with E-state index in [1.807, 2.05) is 41.8 Å². The van der Waals surface area contributed by atoms with Crippen molar-refractivity contribution in [1.82, 2.24) is 9.88 Å². The summed E-state index contributed by atoms with van der Waals surface area (Å²) in [6.45, 7) is 0.110. The third-order valence-electron chi connectivity index (χ3n) is 4.50. The van der Waals surface area contributed by atoms with E-state index in [0.29, 0.717) is 25.2 Å². The molecule has 0 radical (unpaired) electrons. The summed E-state index contributed by atoms with van der Waals surface area (Å²) in [6, 6.07) is 14.5. The Hall–Kier alpha value is -3.09. The third-order valence-corrected chi connectivity index (χ3v) is 4.50.